The lowest BCUT2D eigenvalue weighted by molar-refractivity contribution is 0.0971. The Labute approximate surface area is 222 Å². The summed E-state index contributed by atoms with van der Waals surface area (Å²) in [5, 5.41) is 0.469. The van der Waals surface area contributed by atoms with Crippen LogP contribution in [-0.4, -0.2) is 19.6 Å². The molecule has 5 rings (SSSR count). The minimum atomic E-state index is -0.680. The van der Waals surface area contributed by atoms with E-state index in [0.29, 0.717) is 46.2 Å². The van der Waals surface area contributed by atoms with Gasteiger partial charge in [-0.1, -0.05) is 37.6 Å². The predicted molar refractivity (Wildman–Crippen MR) is 150 cm³/mol. The second kappa shape index (κ2) is 10.0. The van der Waals surface area contributed by atoms with E-state index in [9.17, 15) is 9.59 Å². The van der Waals surface area contributed by atoms with Gasteiger partial charge in [0.15, 0.2) is 16.9 Å². The SMILES string of the molecule is COc1cc(C2c3c(oc4cc(C)c(C)cc4c3=O)C(=O)N2c2ccc(C)cc2)ccc1OCCC(C)C. The minimum absolute atomic E-state index is 0.0764. The van der Waals surface area contributed by atoms with E-state index < -0.39 is 6.04 Å². The van der Waals surface area contributed by atoms with Crippen LogP contribution >= 0.6 is 0 Å². The first-order valence-corrected chi connectivity index (χ1v) is 13.0. The van der Waals surface area contributed by atoms with E-state index in [-0.39, 0.29) is 17.1 Å². The Morgan fingerprint density at radius 3 is 2.32 bits per heavy atom. The molecule has 6 nitrogen and oxygen atoms in total. The van der Waals surface area contributed by atoms with E-state index in [1.807, 2.05) is 75.4 Å². The highest BCUT2D eigenvalue weighted by Gasteiger charge is 2.44. The molecule has 2 heterocycles. The first-order valence-electron chi connectivity index (χ1n) is 13.0. The number of fused-ring (bicyclic) bond motifs is 2. The monoisotopic (exact) mass is 511 g/mol. The number of carbonyl (C=O) groups excluding carboxylic acids is 1. The van der Waals surface area contributed by atoms with Gasteiger partial charge in [-0.25, -0.2) is 0 Å². The Morgan fingerprint density at radius 1 is 0.921 bits per heavy atom. The summed E-state index contributed by atoms with van der Waals surface area (Å²) in [6.07, 6.45) is 0.920. The molecule has 1 amide bonds. The number of rotatable bonds is 7. The summed E-state index contributed by atoms with van der Waals surface area (Å²) in [5.74, 6) is 1.42. The van der Waals surface area contributed by atoms with Crippen LogP contribution in [0.2, 0.25) is 0 Å². The van der Waals surface area contributed by atoms with Gasteiger partial charge >= 0.3 is 0 Å². The van der Waals surface area contributed by atoms with Gasteiger partial charge in [0, 0.05) is 5.69 Å². The van der Waals surface area contributed by atoms with E-state index in [2.05, 4.69) is 13.8 Å². The maximum Gasteiger partial charge on any atom is 0.295 e. The van der Waals surface area contributed by atoms with Gasteiger partial charge in [0.25, 0.3) is 5.91 Å². The van der Waals surface area contributed by atoms with Crippen molar-refractivity contribution in [2.75, 3.05) is 18.6 Å². The molecule has 4 aromatic rings. The van der Waals surface area contributed by atoms with Gasteiger partial charge in [0.05, 0.1) is 30.7 Å². The Morgan fingerprint density at radius 2 is 1.63 bits per heavy atom. The molecule has 0 fully saturated rings. The molecule has 1 aliphatic heterocycles. The molecule has 196 valence electrons. The highest BCUT2D eigenvalue weighted by molar-refractivity contribution is 6.10. The predicted octanol–water partition coefficient (Wildman–Crippen LogP) is 6.90. The lowest BCUT2D eigenvalue weighted by Gasteiger charge is -2.26. The molecule has 1 unspecified atom stereocenters. The summed E-state index contributed by atoms with van der Waals surface area (Å²) in [4.78, 5) is 29.5. The van der Waals surface area contributed by atoms with Crippen LogP contribution in [0.15, 0.2) is 63.8 Å². The number of methoxy groups -OCH3 is 1. The van der Waals surface area contributed by atoms with Crippen LogP contribution in [0.5, 0.6) is 11.5 Å². The summed E-state index contributed by atoms with van der Waals surface area (Å²) in [6, 6.07) is 16.3. The van der Waals surface area contributed by atoms with Gasteiger partial charge in [-0.3, -0.25) is 14.5 Å². The zero-order chi connectivity index (χ0) is 27.1. The fourth-order valence-electron chi connectivity index (χ4n) is 4.89. The van der Waals surface area contributed by atoms with Crippen molar-refractivity contribution in [3.63, 3.8) is 0 Å². The van der Waals surface area contributed by atoms with Crippen molar-refractivity contribution in [2.45, 2.75) is 47.1 Å². The van der Waals surface area contributed by atoms with E-state index in [1.165, 1.54) is 0 Å². The fourth-order valence-corrected chi connectivity index (χ4v) is 4.89. The molecular formula is C32H33NO5. The normalized spacial score (nSPS) is 14.9. The molecule has 1 aliphatic rings. The maximum atomic E-state index is 14.0. The van der Waals surface area contributed by atoms with Crippen LogP contribution in [0.4, 0.5) is 5.69 Å². The average Bonchev–Trinajstić information content (AvgIpc) is 3.18. The number of carbonyl (C=O) groups is 1. The molecule has 1 aromatic heterocycles. The van der Waals surface area contributed by atoms with Gasteiger partial charge in [-0.15, -0.1) is 0 Å². The Balaban J connectivity index is 1.70. The van der Waals surface area contributed by atoms with Crippen LogP contribution in [0.1, 0.15) is 64.7 Å². The quantitative estimate of drug-likeness (QED) is 0.270. The number of hydrogen-bond acceptors (Lipinski definition) is 5. The van der Waals surface area contributed by atoms with E-state index in [1.54, 1.807) is 12.0 Å². The number of aryl methyl sites for hydroxylation is 3. The molecule has 0 saturated carbocycles. The van der Waals surface area contributed by atoms with Crippen LogP contribution in [0.25, 0.3) is 11.0 Å². The van der Waals surface area contributed by atoms with Gasteiger partial charge in [-0.05, 0) is 86.2 Å². The Kier molecular flexibility index (Phi) is 6.74. The van der Waals surface area contributed by atoms with Crippen molar-refractivity contribution >= 4 is 22.6 Å². The van der Waals surface area contributed by atoms with Gasteiger partial charge < -0.3 is 13.9 Å². The zero-order valence-corrected chi connectivity index (χ0v) is 22.8. The van der Waals surface area contributed by atoms with Crippen molar-refractivity contribution < 1.29 is 18.7 Å². The second-order valence-corrected chi connectivity index (χ2v) is 10.5. The standard InChI is InChI=1S/C32H33NO5/c1-18(2)13-14-37-25-12-9-22(17-27(25)36-6)29-28-30(34)24-15-20(4)21(5)16-26(24)38-31(28)32(35)33(29)23-10-7-19(3)8-11-23/h7-12,15-18,29H,13-14H2,1-6H3. The summed E-state index contributed by atoms with van der Waals surface area (Å²) >= 11 is 0. The third kappa shape index (κ3) is 4.44. The molecular weight excluding hydrogens is 478 g/mol. The largest absolute Gasteiger partial charge is 0.493 e. The second-order valence-electron chi connectivity index (χ2n) is 10.5. The van der Waals surface area contributed by atoms with Crippen LogP contribution in [0, 0.1) is 26.7 Å². The summed E-state index contributed by atoms with van der Waals surface area (Å²) < 4.78 is 17.8. The first-order chi connectivity index (χ1) is 18.2. The highest BCUT2D eigenvalue weighted by atomic mass is 16.5. The molecule has 3 aromatic carbocycles. The molecule has 0 spiro atoms. The van der Waals surface area contributed by atoms with Crippen molar-refractivity contribution in [3.8, 4) is 11.5 Å². The molecule has 38 heavy (non-hydrogen) atoms. The van der Waals surface area contributed by atoms with E-state index in [4.69, 9.17) is 13.9 Å². The van der Waals surface area contributed by atoms with E-state index in [0.717, 1.165) is 28.7 Å². The number of benzene rings is 3. The summed E-state index contributed by atoms with van der Waals surface area (Å²) in [5.41, 5.74) is 5.04. The number of hydrogen-bond donors (Lipinski definition) is 0. The fraction of sp³-hybridized carbons (Fsp3) is 0.312. The number of amides is 1. The maximum absolute atomic E-state index is 14.0. The molecule has 0 saturated heterocycles. The van der Waals surface area contributed by atoms with Gasteiger partial charge in [0.2, 0.25) is 5.76 Å². The lowest BCUT2D eigenvalue weighted by Crippen LogP contribution is -2.29. The topological polar surface area (TPSA) is 69.0 Å². The number of anilines is 1. The molecule has 1 atom stereocenters. The average molecular weight is 512 g/mol. The van der Waals surface area contributed by atoms with Crippen LogP contribution in [0.3, 0.4) is 0 Å². The smallest absolute Gasteiger partial charge is 0.295 e. The first kappa shape index (κ1) is 25.6. The molecule has 0 N–H and O–H groups in total. The Hall–Kier alpha value is -4.06. The molecule has 0 aliphatic carbocycles. The van der Waals surface area contributed by atoms with Crippen molar-refractivity contribution in [2.24, 2.45) is 5.92 Å². The molecule has 6 heteroatoms. The van der Waals surface area contributed by atoms with Gasteiger partial charge in [-0.2, -0.15) is 0 Å². The molecule has 0 bridgehead atoms. The van der Waals surface area contributed by atoms with Crippen LogP contribution < -0.4 is 19.8 Å². The number of nitrogens with zero attached hydrogens (tertiary/aromatic N) is 1. The van der Waals surface area contributed by atoms with Gasteiger partial charge in [0.1, 0.15) is 5.58 Å². The summed E-state index contributed by atoms with van der Waals surface area (Å²) in [6.45, 7) is 10.8. The van der Waals surface area contributed by atoms with Crippen molar-refractivity contribution in [3.05, 3.63) is 98.4 Å². The van der Waals surface area contributed by atoms with Crippen LogP contribution in [-0.2, 0) is 0 Å². The highest BCUT2D eigenvalue weighted by Crippen LogP contribution is 2.43. The molecule has 0 radical (unpaired) electrons. The number of ether oxygens (including phenoxy) is 2. The third-order valence-corrected chi connectivity index (χ3v) is 7.25. The van der Waals surface area contributed by atoms with Crippen molar-refractivity contribution in [1.29, 1.82) is 0 Å². The Bertz CT molecular complexity index is 1580. The lowest BCUT2D eigenvalue weighted by atomic mass is 9.96. The van der Waals surface area contributed by atoms with E-state index >= 15 is 0 Å². The zero-order valence-electron chi connectivity index (χ0n) is 22.8. The third-order valence-electron chi connectivity index (χ3n) is 7.25. The minimum Gasteiger partial charge on any atom is -0.493 e. The summed E-state index contributed by atoms with van der Waals surface area (Å²) in [7, 11) is 1.59. The van der Waals surface area contributed by atoms with Crippen molar-refractivity contribution in [1.82, 2.24) is 0 Å².